The van der Waals surface area contributed by atoms with Crippen LogP contribution in [0.1, 0.15) is 10.4 Å². The second-order valence-corrected chi connectivity index (χ2v) is 7.08. The smallest absolute Gasteiger partial charge is 0.173 e. The van der Waals surface area contributed by atoms with Gasteiger partial charge in [0.2, 0.25) is 0 Å². The van der Waals surface area contributed by atoms with E-state index >= 15 is 0 Å². The van der Waals surface area contributed by atoms with Crippen molar-refractivity contribution in [3.05, 3.63) is 49.0 Å². The van der Waals surface area contributed by atoms with Crippen molar-refractivity contribution in [2.75, 3.05) is 0 Å². The van der Waals surface area contributed by atoms with Crippen LogP contribution in [0.15, 0.2) is 43.7 Å². The summed E-state index contributed by atoms with van der Waals surface area (Å²) in [5.74, 6) is 0.590. The van der Waals surface area contributed by atoms with E-state index in [0.717, 1.165) is 13.1 Å². The summed E-state index contributed by atoms with van der Waals surface area (Å²) < 4.78 is 7.60. The zero-order chi connectivity index (χ0) is 13.8. The molecule has 0 fully saturated rings. The molecular weight excluding hydrogens is 396 g/mol. The number of amidine groups is 1. The molecule has 0 spiro atoms. The van der Waals surface area contributed by atoms with Crippen molar-refractivity contribution in [2.45, 2.75) is 6.61 Å². The summed E-state index contributed by atoms with van der Waals surface area (Å²) in [5.41, 5.74) is 6.18. The van der Waals surface area contributed by atoms with Gasteiger partial charge in [-0.2, -0.15) is 0 Å². The molecule has 0 atom stereocenters. The Morgan fingerprint density at radius 3 is 2.74 bits per heavy atom. The van der Waals surface area contributed by atoms with Crippen LogP contribution >= 0.6 is 43.2 Å². The van der Waals surface area contributed by atoms with E-state index in [4.69, 9.17) is 15.7 Å². The SMILES string of the molecule is N/C(=N/O)c1cc(Br)ccc1OCc1ccc(Br)s1. The topological polar surface area (TPSA) is 67.8 Å². The van der Waals surface area contributed by atoms with E-state index in [0.29, 0.717) is 17.9 Å². The van der Waals surface area contributed by atoms with Crippen molar-refractivity contribution in [1.29, 1.82) is 0 Å². The van der Waals surface area contributed by atoms with Crippen molar-refractivity contribution in [3.8, 4) is 5.75 Å². The lowest BCUT2D eigenvalue weighted by atomic mass is 10.2. The third-order valence-electron chi connectivity index (χ3n) is 2.32. The summed E-state index contributed by atoms with van der Waals surface area (Å²) in [5, 5.41) is 11.8. The van der Waals surface area contributed by atoms with E-state index < -0.39 is 0 Å². The molecule has 19 heavy (non-hydrogen) atoms. The van der Waals surface area contributed by atoms with Gasteiger partial charge in [-0.15, -0.1) is 11.3 Å². The summed E-state index contributed by atoms with van der Waals surface area (Å²) >= 11 is 8.34. The number of halogens is 2. The third-order valence-corrected chi connectivity index (χ3v) is 4.41. The Kier molecular flexibility index (Phi) is 4.84. The summed E-state index contributed by atoms with van der Waals surface area (Å²) in [4.78, 5) is 1.08. The van der Waals surface area contributed by atoms with Gasteiger partial charge < -0.3 is 15.7 Å². The van der Waals surface area contributed by atoms with E-state index in [1.165, 1.54) is 0 Å². The molecule has 0 aliphatic heterocycles. The first-order valence-electron chi connectivity index (χ1n) is 5.24. The first-order chi connectivity index (χ1) is 9.10. The Morgan fingerprint density at radius 2 is 2.11 bits per heavy atom. The van der Waals surface area contributed by atoms with Gasteiger partial charge in [0.25, 0.3) is 0 Å². The summed E-state index contributed by atoms with van der Waals surface area (Å²) in [6, 6.07) is 9.31. The minimum absolute atomic E-state index is 0.0173. The van der Waals surface area contributed by atoms with Crippen LogP contribution in [0.4, 0.5) is 0 Å². The lowest BCUT2D eigenvalue weighted by Crippen LogP contribution is -2.14. The molecule has 0 saturated carbocycles. The summed E-state index contributed by atoms with van der Waals surface area (Å²) in [6.45, 7) is 0.434. The van der Waals surface area contributed by atoms with E-state index in [9.17, 15) is 0 Å². The first-order valence-corrected chi connectivity index (χ1v) is 7.65. The molecule has 3 N–H and O–H groups in total. The molecule has 1 heterocycles. The molecule has 4 nitrogen and oxygen atoms in total. The number of rotatable bonds is 4. The highest BCUT2D eigenvalue weighted by atomic mass is 79.9. The molecule has 0 radical (unpaired) electrons. The molecule has 0 aliphatic rings. The van der Waals surface area contributed by atoms with Crippen molar-refractivity contribution in [3.63, 3.8) is 0 Å². The van der Waals surface area contributed by atoms with Crippen LogP contribution in [0.2, 0.25) is 0 Å². The molecule has 2 aromatic rings. The predicted octanol–water partition coefficient (Wildman–Crippen LogP) is 3.95. The molecule has 1 aromatic carbocycles. The molecule has 2 rings (SSSR count). The largest absolute Gasteiger partial charge is 0.487 e. The van der Waals surface area contributed by atoms with Gasteiger partial charge in [0.15, 0.2) is 5.84 Å². The molecule has 0 bridgehead atoms. The average Bonchev–Trinajstić information content (AvgIpc) is 2.82. The molecule has 7 heteroatoms. The fourth-order valence-corrected chi connectivity index (χ4v) is 3.22. The highest BCUT2D eigenvalue weighted by molar-refractivity contribution is 9.11. The van der Waals surface area contributed by atoms with Crippen molar-refractivity contribution >= 4 is 49.0 Å². The van der Waals surface area contributed by atoms with Crippen molar-refractivity contribution < 1.29 is 9.94 Å². The fourth-order valence-electron chi connectivity index (χ4n) is 1.46. The highest BCUT2D eigenvalue weighted by Gasteiger charge is 2.10. The van der Waals surface area contributed by atoms with Crippen molar-refractivity contribution in [1.82, 2.24) is 0 Å². The Labute approximate surface area is 131 Å². The molecule has 1 aromatic heterocycles. The number of thiophene rings is 1. The van der Waals surface area contributed by atoms with Gasteiger partial charge in [0.1, 0.15) is 12.4 Å². The standard InChI is InChI=1S/C12H10Br2N2O2S/c13-7-1-3-10(9(5-7)12(15)16-17)18-6-8-2-4-11(14)19-8/h1-5,17H,6H2,(H2,15,16). The van der Waals surface area contributed by atoms with Crippen LogP contribution in [0.5, 0.6) is 5.75 Å². The molecular formula is C12H10Br2N2O2S. The van der Waals surface area contributed by atoms with Gasteiger partial charge in [0, 0.05) is 9.35 Å². The van der Waals surface area contributed by atoms with Crippen LogP contribution in [0.25, 0.3) is 0 Å². The van der Waals surface area contributed by atoms with Gasteiger partial charge in [-0.25, -0.2) is 0 Å². The van der Waals surface area contributed by atoms with Gasteiger partial charge in [0.05, 0.1) is 9.35 Å². The van der Waals surface area contributed by atoms with Crippen LogP contribution in [0.3, 0.4) is 0 Å². The Hall–Kier alpha value is -1.05. The zero-order valence-corrected chi connectivity index (χ0v) is 13.6. The van der Waals surface area contributed by atoms with E-state index in [2.05, 4.69) is 37.0 Å². The normalized spacial score (nSPS) is 11.6. The van der Waals surface area contributed by atoms with Crippen LogP contribution in [0, 0.1) is 0 Å². The maximum absolute atomic E-state index is 8.78. The molecule has 0 aliphatic carbocycles. The number of hydrogen-bond acceptors (Lipinski definition) is 4. The number of nitrogens with two attached hydrogens (primary N) is 1. The average molecular weight is 406 g/mol. The number of ether oxygens (including phenoxy) is 1. The predicted molar refractivity (Wildman–Crippen MR) is 83.0 cm³/mol. The van der Waals surface area contributed by atoms with E-state index in [-0.39, 0.29) is 5.84 Å². The molecule has 0 unspecified atom stereocenters. The lowest BCUT2D eigenvalue weighted by Gasteiger charge is -2.10. The quantitative estimate of drug-likeness (QED) is 0.350. The second kappa shape index (κ2) is 6.40. The third kappa shape index (κ3) is 3.71. The number of benzene rings is 1. The lowest BCUT2D eigenvalue weighted by molar-refractivity contribution is 0.306. The molecule has 0 amide bonds. The minimum atomic E-state index is 0.0173. The maximum atomic E-state index is 8.78. The van der Waals surface area contributed by atoms with Crippen LogP contribution < -0.4 is 10.5 Å². The van der Waals surface area contributed by atoms with Crippen LogP contribution in [-0.4, -0.2) is 11.0 Å². The Bertz CT molecular complexity index is 614. The Morgan fingerprint density at radius 1 is 1.32 bits per heavy atom. The fraction of sp³-hybridized carbons (Fsp3) is 0.0833. The van der Waals surface area contributed by atoms with E-state index in [1.807, 2.05) is 18.2 Å². The first kappa shape index (κ1) is 14.4. The number of oxime groups is 1. The van der Waals surface area contributed by atoms with Crippen molar-refractivity contribution in [2.24, 2.45) is 10.9 Å². The Balaban J connectivity index is 2.20. The number of nitrogens with zero attached hydrogens (tertiary/aromatic N) is 1. The maximum Gasteiger partial charge on any atom is 0.173 e. The molecule has 0 saturated heterocycles. The van der Waals surface area contributed by atoms with Gasteiger partial charge in [-0.05, 0) is 46.3 Å². The van der Waals surface area contributed by atoms with Gasteiger partial charge in [-0.1, -0.05) is 21.1 Å². The van der Waals surface area contributed by atoms with Gasteiger partial charge >= 0.3 is 0 Å². The monoisotopic (exact) mass is 404 g/mol. The minimum Gasteiger partial charge on any atom is -0.487 e. The highest BCUT2D eigenvalue weighted by Crippen LogP contribution is 2.26. The molecule has 100 valence electrons. The van der Waals surface area contributed by atoms with E-state index in [1.54, 1.807) is 23.5 Å². The number of hydrogen-bond donors (Lipinski definition) is 2. The summed E-state index contributed by atoms with van der Waals surface area (Å²) in [6.07, 6.45) is 0. The van der Waals surface area contributed by atoms with Gasteiger partial charge in [-0.3, -0.25) is 0 Å². The zero-order valence-electron chi connectivity index (χ0n) is 9.64. The second-order valence-electron chi connectivity index (χ2n) is 3.62. The summed E-state index contributed by atoms with van der Waals surface area (Å²) in [7, 11) is 0. The van der Waals surface area contributed by atoms with Crippen LogP contribution in [-0.2, 0) is 6.61 Å².